The molecule has 0 fully saturated rings. The van der Waals surface area contributed by atoms with Crippen molar-refractivity contribution in [3.63, 3.8) is 0 Å². The Morgan fingerprint density at radius 2 is 2.00 bits per heavy atom. The van der Waals surface area contributed by atoms with E-state index in [0.29, 0.717) is 0 Å². The van der Waals surface area contributed by atoms with E-state index in [1.807, 2.05) is 6.08 Å². The maximum atomic E-state index is 3.75. The van der Waals surface area contributed by atoms with Gasteiger partial charge in [0.25, 0.3) is 0 Å². The molecule has 0 N–H and O–H groups in total. The molecule has 66 valence electrons. The molecular formula is C11H22. The highest BCUT2D eigenvalue weighted by Crippen LogP contribution is 2.18. The van der Waals surface area contributed by atoms with Gasteiger partial charge in [-0.05, 0) is 18.8 Å². The summed E-state index contributed by atoms with van der Waals surface area (Å²) in [5.41, 5.74) is 0. The van der Waals surface area contributed by atoms with Gasteiger partial charge in [0, 0.05) is 0 Å². The third kappa shape index (κ3) is 6.15. The van der Waals surface area contributed by atoms with Crippen LogP contribution in [0.1, 0.15) is 52.4 Å². The lowest BCUT2D eigenvalue weighted by Crippen LogP contribution is -1.97. The van der Waals surface area contributed by atoms with Crippen LogP contribution in [0, 0.1) is 5.92 Å². The van der Waals surface area contributed by atoms with E-state index in [4.69, 9.17) is 0 Å². The molecule has 0 aromatic heterocycles. The van der Waals surface area contributed by atoms with E-state index in [-0.39, 0.29) is 0 Å². The summed E-state index contributed by atoms with van der Waals surface area (Å²) in [7, 11) is 0. The van der Waals surface area contributed by atoms with Gasteiger partial charge in [-0.1, -0.05) is 45.6 Å². The van der Waals surface area contributed by atoms with Gasteiger partial charge in [-0.2, -0.15) is 0 Å². The van der Waals surface area contributed by atoms with Crippen molar-refractivity contribution in [3.05, 3.63) is 12.7 Å². The van der Waals surface area contributed by atoms with E-state index in [0.717, 1.165) is 5.92 Å². The molecule has 0 saturated carbocycles. The maximum Gasteiger partial charge on any atom is -0.0351 e. The lowest BCUT2D eigenvalue weighted by atomic mass is 9.94. The molecule has 0 saturated heterocycles. The Bertz CT molecular complexity index is 84.0. The van der Waals surface area contributed by atoms with Crippen molar-refractivity contribution in [3.8, 4) is 0 Å². The van der Waals surface area contributed by atoms with E-state index in [2.05, 4.69) is 20.4 Å². The standard InChI is InChI=1S/C11H22/c1-4-7-9-11(6-3)10-8-5-2/h4,11H,1,5-10H2,2-3H3/t11-/m0/s1. The average molecular weight is 154 g/mol. The van der Waals surface area contributed by atoms with E-state index in [1.165, 1.54) is 38.5 Å². The van der Waals surface area contributed by atoms with Gasteiger partial charge in [-0.3, -0.25) is 0 Å². The summed E-state index contributed by atoms with van der Waals surface area (Å²) in [6.45, 7) is 8.31. The Morgan fingerprint density at radius 3 is 2.45 bits per heavy atom. The fourth-order valence-electron chi connectivity index (χ4n) is 1.40. The summed E-state index contributed by atoms with van der Waals surface area (Å²) in [5, 5.41) is 0. The van der Waals surface area contributed by atoms with Crippen LogP contribution in [-0.4, -0.2) is 0 Å². The minimum atomic E-state index is 0.952. The van der Waals surface area contributed by atoms with E-state index >= 15 is 0 Å². The third-order valence-electron chi connectivity index (χ3n) is 2.32. The number of hydrogen-bond donors (Lipinski definition) is 0. The highest BCUT2D eigenvalue weighted by atomic mass is 14.1. The van der Waals surface area contributed by atoms with Gasteiger partial charge in [0.15, 0.2) is 0 Å². The molecule has 0 aliphatic rings. The van der Waals surface area contributed by atoms with Crippen molar-refractivity contribution >= 4 is 0 Å². The SMILES string of the molecule is C=CCC[C@H](CC)CCCC. The molecule has 0 heteroatoms. The van der Waals surface area contributed by atoms with Gasteiger partial charge in [0.1, 0.15) is 0 Å². The van der Waals surface area contributed by atoms with Crippen LogP contribution in [0.25, 0.3) is 0 Å². The van der Waals surface area contributed by atoms with Crippen molar-refractivity contribution in [2.75, 3.05) is 0 Å². The summed E-state index contributed by atoms with van der Waals surface area (Å²) >= 11 is 0. The molecule has 0 radical (unpaired) electrons. The summed E-state index contributed by atoms with van der Waals surface area (Å²) in [6, 6.07) is 0. The van der Waals surface area contributed by atoms with Crippen molar-refractivity contribution in [2.45, 2.75) is 52.4 Å². The van der Waals surface area contributed by atoms with Crippen LogP contribution in [0.3, 0.4) is 0 Å². The topological polar surface area (TPSA) is 0 Å². The zero-order chi connectivity index (χ0) is 8.53. The molecule has 0 bridgehead atoms. The second-order valence-corrected chi connectivity index (χ2v) is 3.28. The molecule has 0 amide bonds. The molecule has 0 spiro atoms. The molecule has 0 aromatic carbocycles. The summed E-state index contributed by atoms with van der Waals surface area (Å²) < 4.78 is 0. The van der Waals surface area contributed by atoms with Crippen LogP contribution in [0.15, 0.2) is 12.7 Å². The van der Waals surface area contributed by atoms with Gasteiger partial charge in [0.05, 0.1) is 0 Å². The quantitative estimate of drug-likeness (QED) is 0.483. The molecule has 0 heterocycles. The summed E-state index contributed by atoms with van der Waals surface area (Å²) in [6.07, 6.45) is 10.1. The molecular weight excluding hydrogens is 132 g/mol. The Labute approximate surface area is 71.7 Å². The minimum absolute atomic E-state index is 0.952. The van der Waals surface area contributed by atoms with E-state index in [9.17, 15) is 0 Å². The fraction of sp³-hybridized carbons (Fsp3) is 0.818. The molecule has 0 nitrogen and oxygen atoms in total. The Hall–Kier alpha value is -0.260. The van der Waals surface area contributed by atoms with Gasteiger partial charge in [0.2, 0.25) is 0 Å². The summed E-state index contributed by atoms with van der Waals surface area (Å²) in [4.78, 5) is 0. The first-order valence-corrected chi connectivity index (χ1v) is 4.96. The Kier molecular flexibility index (Phi) is 7.66. The van der Waals surface area contributed by atoms with Gasteiger partial charge < -0.3 is 0 Å². The summed E-state index contributed by atoms with van der Waals surface area (Å²) in [5.74, 6) is 0.952. The lowest BCUT2D eigenvalue weighted by molar-refractivity contribution is 0.425. The number of allylic oxidation sites excluding steroid dienone is 1. The minimum Gasteiger partial charge on any atom is -0.103 e. The molecule has 0 unspecified atom stereocenters. The van der Waals surface area contributed by atoms with E-state index in [1.54, 1.807) is 0 Å². The molecule has 0 aliphatic heterocycles. The van der Waals surface area contributed by atoms with Crippen LogP contribution >= 0.6 is 0 Å². The molecule has 0 aromatic rings. The van der Waals surface area contributed by atoms with Crippen molar-refractivity contribution < 1.29 is 0 Å². The number of unbranched alkanes of at least 4 members (excludes halogenated alkanes) is 1. The predicted molar refractivity (Wildman–Crippen MR) is 52.7 cm³/mol. The van der Waals surface area contributed by atoms with Gasteiger partial charge >= 0.3 is 0 Å². The largest absolute Gasteiger partial charge is 0.103 e. The van der Waals surface area contributed by atoms with Crippen LogP contribution in [0.2, 0.25) is 0 Å². The normalized spacial score (nSPS) is 12.9. The molecule has 11 heavy (non-hydrogen) atoms. The van der Waals surface area contributed by atoms with Crippen LogP contribution < -0.4 is 0 Å². The maximum absolute atomic E-state index is 3.75. The van der Waals surface area contributed by atoms with Crippen molar-refractivity contribution in [1.82, 2.24) is 0 Å². The van der Waals surface area contributed by atoms with Crippen LogP contribution in [0.4, 0.5) is 0 Å². The Balaban J connectivity index is 3.32. The average Bonchev–Trinajstić information content (AvgIpc) is 2.05. The van der Waals surface area contributed by atoms with Crippen molar-refractivity contribution in [2.24, 2.45) is 5.92 Å². The molecule has 0 aliphatic carbocycles. The second-order valence-electron chi connectivity index (χ2n) is 3.28. The first-order chi connectivity index (χ1) is 5.35. The highest BCUT2D eigenvalue weighted by molar-refractivity contribution is 4.69. The fourth-order valence-corrected chi connectivity index (χ4v) is 1.40. The van der Waals surface area contributed by atoms with E-state index < -0.39 is 0 Å². The third-order valence-corrected chi connectivity index (χ3v) is 2.32. The van der Waals surface area contributed by atoms with Gasteiger partial charge in [-0.25, -0.2) is 0 Å². The first-order valence-electron chi connectivity index (χ1n) is 4.96. The zero-order valence-electron chi connectivity index (χ0n) is 8.10. The predicted octanol–water partition coefficient (Wildman–Crippen LogP) is 4.17. The lowest BCUT2D eigenvalue weighted by Gasteiger charge is -2.12. The zero-order valence-corrected chi connectivity index (χ0v) is 8.10. The number of hydrogen-bond acceptors (Lipinski definition) is 0. The highest BCUT2D eigenvalue weighted by Gasteiger charge is 2.03. The Morgan fingerprint density at radius 1 is 1.27 bits per heavy atom. The first kappa shape index (κ1) is 10.7. The van der Waals surface area contributed by atoms with Gasteiger partial charge in [-0.15, -0.1) is 6.58 Å². The number of rotatable bonds is 7. The van der Waals surface area contributed by atoms with Crippen molar-refractivity contribution in [1.29, 1.82) is 0 Å². The second kappa shape index (κ2) is 7.84. The van der Waals surface area contributed by atoms with Crippen LogP contribution in [0.5, 0.6) is 0 Å². The van der Waals surface area contributed by atoms with Crippen LogP contribution in [-0.2, 0) is 0 Å². The molecule has 0 rings (SSSR count). The smallest absolute Gasteiger partial charge is 0.0351 e. The monoisotopic (exact) mass is 154 g/mol. The molecule has 1 atom stereocenters.